The van der Waals surface area contributed by atoms with Gasteiger partial charge in [-0.05, 0) is 19.8 Å². The second kappa shape index (κ2) is 6.65. The summed E-state index contributed by atoms with van der Waals surface area (Å²) in [5.41, 5.74) is 7.37. The molecule has 0 heterocycles. The van der Waals surface area contributed by atoms with Crippen LogP contribution in [0.2, 0.25) is 0 Å². The van der Waals surface area contributed by atoms with Crippen LogP contribution < -0.4 is 5.73 Å². The van der Waals surface area contributed by atoms with Gasteiger partial charge in [0.25, 0.3) is 0 Å². The highest BCUT2D eigenvalue weighted by atomic mass is 14.8. The lowest BCUT2D eigenvalue weighted by Crippen LogP contribution is -1.99. The van der Waals surface area contributed by atoms with Gasteiger partial charge < -0.3 is 5.73 Å². The van der Waals surface area contributed by atoms with Gasteiger partial charge in [0.05, 0.1) is 11.4 Å². The second-order valence-corrected chi connectivity index (χ2v) is 2.46. The Bertz CT molecular complexity index is 200. The zero-order valence-electron chi connectivity index (χ0n) is 8.17. The molecule has 0 radical (unpaired) electrons. The van der Waals surface area contributed by atoms with Gasteiger partial charge in [-0.15, -0.1) is 0 Å². The maximum absolute atomic E-state index is 5.72. The molecule has 0 saturated carbocycles. The molecule has 0 bridgehead atoms. The molecule has 0 saturated heterocycles. The van der Waals surface area contributed by atoms with Crippen LogP contribution in [0.4, 0.5) is 0 Å². The first-order valence-electron chi connectivity index (χ1n) is 4.41. The van der Waals surface area contributed by atoms with Crippen LogP contribution in [0.3, 0.4) is 0 Å². The number of nitrogens with zero attached hydrogens (tertiary/aromatic N) is 1. The molecule has 12 heavy (non-hydrogen) atoms. The lowest BCUT2D eigenvalue weighted by Gasteiger charge is -1.99. The fourth-order valence-corrected chi connectivity index (χ4v) is 0.776. The molecule has 0 fully saturated rings. The third-order valence-corrected chi connectivity index (χ3v) is 1.42. The molecule has 0 spiro atoms. The molecule has 0 aromatic heterocycles. The van der Waals surface area contributed by atoms with Crippen LogP contribution in [0.5, 0.6) is 0 Å². The average molecular weight is 166 g/mol. The van der Waals surface area contributed by atoms with Gasteiger partial charge in [0.2, 0.25) is 0 Å². The van der Waals surface area contributed by atoms with Gasteiger partial charge in [-0.3, -0.25) is 4.99 Å². The van der Waals surface area contributed by atoms with Crippen LogP contribution in [0.15, 0.2) is 28.5 Å². The van der Waals surface area contributed by atoms with Crippen molar-refractivity contribution in [2.45, 2.75) is 33.6 Å². The molecule has 0 amide bonds. The van der Waals surface area contributed by atoms with Crippen molar-refractivity contribution >= 4 is 6.21 Å². The highest BCUT2D eigenvalue weighted by molar-refractivity contribution is 5.59. The SMILES string of the molecule is C/C=C(N)\C(=C/CC)N=CCC. The van der Waals surface area contributed by atoms with Crippen LogP contribution in [-0.2, 0) is 0 Å². The summed E-state index contributed by atoms with van der Waals surface area (Å²) in [6.07, 6.45) is 7.68. The fourth-order valence-electron chi connectivity index (χ4n) is 0.776. The quantitative estimate of drug-likeness (QED) is 0.506. The van der Waals surface area contributed by atoms with Crippen molar-refractivity contribution in [3.8, 4) is 0 Å². The van der Waals surface area contributed by atoms with Crippen LogP contribution in [0.25, 0.3) is 0 Å². The van der Waals surface area contributed by atoms with Crippen LogP contribution in [-0.4, -0.2) is 6.21 Å². The Morgan fingerprint density at radius 2 is 2.00 bits per heavy atom. The molecule has 0 rings (SSSR count). The molecule has 68 valence electrons. The van der Waals surface area contributed by atoms with Crippen molar-refractivity contribution in [3.63, 3.8) is 0 Å². The van der Waals surface area contributed by atoms with Gasteiger partial charge in [-0.2, -0.15) is 0 Å². The van der Waals surface area contributed by atoms with E-state index in [1.54, 1.807) is 0 Å². The number of hydrogen-bond acceptors (Lipinski definition) is 2. The Labute approximate surface area is 74.9 Å². The number of hydrogen-bond donors (Lipinski definition) is 1. The Morgan fingerprint density at radius 3 is 2.42 bits per heavy atom. The predicted molar refractivity (Wildman–Crippen MR) is 55.1 cm³/mol. The molecule has 0 unspecified atom stereocenters. The van der Waals surface area contributed by atoms with Gasteiger partial charge in [0.15, 0.2) is 0 Å². The third kappa shape index (κ3) is 3.96. The Hall–Kier alpha value is -1.05. The zero-order valence-corrected chi connectivity index (χ0v) is 8.17. The maximum Gasteiger partial charge on any atom is 0.0811 e. The van der Waals surface area contributed by atoms with E-state index in [2.05, 4.69) is 18.8 Å². The van der Waals surface area contributed by atoms with Crippen LogP contribution >= 0.6 is 0 Å². The van der Waals surface area contributed by atoms with E-state index in [4.69, 9.17) is 5.73 Å². The number of aliphatic imine (C=N–C) groups is 1. The number of nitrogens with two attached hydrogens (primary N) is 1. The molecule has 0 atom stereocenters. The zero-order chi connectivity index (χ0) is 9.40. The average Bonchev–Trinajstić information content (AvgIpc) is 2.11. The van der Waals surface area contributed by atoms with Crippen LogP contribution in [0.1, 0.15) is 33.6 Å². The van der Waals surface area contributed by atoms with E-state index in [9.17, 15) is 0 Å². The van der Waals surface area contributed by atoms with Gasteiger partial charge in [-0.25, -0.2) is 0 Å². The number of allylic oxidation sites excluding steroid dienone is 2. The van der Waals surface area contributed by atoms with Gasteiger partial charge >= 0.3 is 0 Å². The van der Waals surface area contributed by atoms with Crippen molar-refractivity contribution in [2.75, 3.05) is 0 Å². The van der Waals surface area contributed by atoms with E-state index in [-0.39, 0.29) is 0 Å². The Kier molecular flexibility index (Phi) is 6.07. The highest BCUT2D eigenvalue weighted by Gasteiger charge is 1.93. The van der Waals surface area contributed by atoms with Crippen molar-refractivity contribution in [3.05, 3.63) is 23.5 Å². The molecular formula is C10H18N2. The van der Waals surface area contributed by atoms with E-state index in [0.29, 0.717) is 0 Å². The summed E-state index contributed by atoms with van der Waals surface area (Å²) in [5, 5.41) is 0. The molecular weight excluding hydrogens is 148 g/mol. The summed E-state index contributed by atoms with van der Waals surface area (Å²) in [6, 6.07) is 0. The maximum atomic E-state index is 5.72. The van der Waals surface area contributed by atoms with Gasteiger partial charge in [0, 0.05) is 6.21 Å². The summed E-state index contributed by atoms with van der Waals surface area (Å²) >= 11 is 0. The third-order valence-electron chi connectivity index (χ3n) is 1.42. The lowest BCUT2D eigenvalue weighted by molar-refractivity contribution is 1.13. The summed E-state index contributed by atoms with van der Waals surface area (Å²) in [7, 11) is 0. The largest absolute Gasteiger partial charge is 0.397 e. The first-order valence-corrected chi connectivity index (χ1v) is 4.41. The van der Waals surface area contributed by atoms with Crippen molar-refractivity contribution in [1.29, 1.82) is 0 Å². The van der Waals surface area contributed by atoms with Crippen molar-refractivity contribution in [1.82, 2.24) is 0 Å². The minimum absolute atomic E-state index is 0.751. The standard InChI is InChI=1S/C10H18N2/c1-4-7-10(9(11)6-3)12-8-5-2/h6-8H,4-5,11H2,1-3H3/b9-6+,10-7+,12-8?. The van der Waals surface area contributed by atoms with Gasteiger partial charge in [-0.1, -0.05) is 26.0 Å². The van der Waals surface area contributed by atoms with Crippen LogP contribution in [0, 0.1) is 0 Å². The first kappa shape index (κ1) is 11.0. The normalized spacial score (nSPS) is 14.2. The summed E-state index contributed by atoms with van der Waals surface area (Å²) in [6.45, 7) is 6.05. The van der Waals surface area contributed by atoms with E-state index < -0.39 is 0 Å². The molecule has 2 nitrogen and oxygen atoms in total. The van der Waals surface area contributed by atoms with Crippen molar-refractivity contribution in [2.24, 2.45) is 10.7 Å². The van der Waals surface area contributed by atoms with E-state index >= 15 is 0 Å². The van der Waals surface area contributed by atoms with E-state index in [1.807, 2.05) is 25.3 Å². The Balaban J connectivity index is 4.45. The predicted octanol–water partition coefficient (Wildman–Crippen LogP) is 2.62. The minimum atomic E-state index is 0.751. The van der Waals surface area contributed by atoms with Gasteiger partial charge in [0.1, 0.15) is 0 Å². The van der Waals surface area contributed by atoms with E-state index in [0.717, 1.165) is 24.2 Å². The van der Waals surface area contributed by atoms with E-state index in [1.165, 1.54) is 0 Å². The summed E-state index contributed by atoms with van der Waals surface area (Å²) in [5.74, 6) is 0. The minimum Gasteiger partial charge on any atom is -0.397 e. The monoisotopic (exact) mass is 166 g/mol. The van der Waals surface area contributed by atoms with Crippen molar-refractivity contribution < 1.29 is 0 Å². The summed E-state index contributed by atoms with van der Waals surface area (Å²) < 4.78 is 0. The molecule has 0 aliphatic carbocycles. The highest BCUT2D eigenvalue weighted by Crippen LogP contribution is 2.06. The first-order chi connectivity index (χ1) is 5.76. The Morgan fingerprint density at radius 1 is 1.33 bits per heavy atom. The molecule has 0 aromatic rings. The molecule has 0 aromatic carbocycles. The lowest BCUT2D eigenvalue weighted by atomic mass is 10.2. The topological polar surface area (TPSA) is 38.4 Å². The molecule has 0 aliphatic rings. The summed E-state index contributed by atoms with van der Waals surface area (Å²) in [4.78, 5) is 4.25. The smallest absolute Gasteiger partial charge is 0.0811 e. The molecule has 0 aliphatic heterocycles. The molecule has 2 N–H and O–H groups in total. The molecule has 2 heteroatoms. The number of rotatable bonds is 4. The second-order valence-electron chi connectivity index (χ2n) is 2.46. The fraction of sp³-hybridized carbons (Fsp3) is 0.500.